The molecule has 0 radical (unpaired) electrons. The van der Waals surface area contributed by atoms with E-state index < -0.39 is 5.97 Å². The van der Waals surface area contributed by atoms with Crippen LogP contribution in [0.3, 0.4) is 0 Å². The van der Waals surface area contributed by atoms with Gasteiger partial charge in [-0.3, -0.25) is 4.79 Å². The molecule has 0 bridgehead atoms. The lowest BCUT2D eigenvalue weighted by Crippen LogP contribution is -2.16. The van der Waals surface area contributed by atoms with Crippen LogP contribution in [0.4, 0.5) is 5.00 Å². The van der Waals surface area contributed by atoms with Crippen LogP contribution in [-0.2, 0) is 16.6 Å². The topological polar surface area (TPSA) is 86.1 Å². The van der Waals surface area contributed by atoms with Gasteiger partial charge in [0.2, 0.25) is 5.91 Å². The Labute approximate surface area is 171 Å². The Morgan fingerprint density at radius 1 is 1.21 bits per heavy atom. The molecule has 1 amide bonds. The van der Waals surface area contributed by atoms with Crippen LogP contribution in [0.25, 0.3) is 11.1 Å². The largest absolute Gasteiger partial charge is 0.465 e. The molecule has 0 atom stereocenters. The molecule has 2 aromatic heterocycles. The zero-order valence-corrected chi connectivity index (χ0v) is 17.6. The molecule has 0 aliphatic carbocycles. The average molecular weight is 417 g/mol. The summed E-state index contributed by atoms with van der Waals surface area (Å²) in [4.78, 5) is 25.9. The van der Waals surface area contributed by atoms with Crippen molar-refractivity contribution in [2.75, 3.05) is 18.2 Å². The molecule has 0 saturated heterocycles. The van der Waals surface area contributed by atoms with Gasteiger partial charge >= 0.3 is 5.97 Å². The van der Waals surface area contributed by atoms with Crippen LogP contribution in [0.5, 0.6) is 0 Å². The van der Waals surface area contributed by atoms with Gasteiger partial charge in [-0.2, -0.15) is 0 Å². The van der Waals surface area contributed by atoms with Gasteiger partial charge in [-0.15, -0.1) is 21.5 Å². The highest BCUT2D eigenvalue weighted by Gasteiger charge is 2.25. The molecule has 3 rings (SSSR count). The summed E-state index contributed by atoms with van der Waals surface area (Å²) in [6.07, 6.45) is 0. The van der Waals surface area contributed by atoms with E-state index in [0.29, 0.717) is 15.7 Å². The van der Waals surface area contributed by atoms with Crippen LogP contribution in [0, 0.1) is 13.8 Å². The quantitative estimate of drug-likeness (QED) is 0.487. The van der Waals surface area contributed by atoms with Crippen LogP contribution < -0.4 is 5.32 Å². The van der Waals surface area contributed by atoms with Gasteiger partial charge in [0.25, 0.3) is 0 Å². The van der Waals surface area contributed by atoms with Crippen LogP contribution in [0.15, 0.2) is 35.5 Å². The molecule has 0 fully saturated rings. The summed E-state index contributed by atoms with van der Waals surface area (Å²) in [6, 6.07) is 9.59. The Morgan fingerprint density at radius 3 is 2.54 bits per heavy atom. The van der Waals surface area contributed by atoms with E-state index in [9.17, 15) is 9.59 Å². The SMILES string of the molecule is COC(=O)c1c(NC(=O)CSc2nnc(C)n2C)sc(C)c1-c1ccccc1. The number of amides is 1. The number of nitrogens with zero attached hydrogens (tertiary/aromatic N) is 3. The molecule has 0 aliphatic rings. The van der Waals surface area contributed by atoms with E-state index in [2.05, 4.69) is 15.5 Å². The fraction of sp³-hybridized carbons (Fsp3) is 0.263. The van der Waals surface area contributed by atoms with Crippen LogP contribution in [0.2, 0.25) is 0 Å². The number of nitrogens with one attached hydrogen (secondary N) is 1. The first kappa shape index (κ1) is 20.1. The average Bonchev–Trinajstić information content (AvgIpc) is 3.19. The highest BCUT2D eigenvalue weighted by Crippen LogP contribution is 2.40. The third-order valence-electron chi connectivity index (χ3n) is 4.17. The molecular formula is C19H20N4O3S2. The number of aromatic nitrogens is 3. The summed E-state index contributed by atoms with van der Waals surface area (Å²) in [5, 5.41) is 12.0. The van der Waals surface area contributed by atoms with Crippen molar-refractivity contribution >= 4 is 40.0 Å². The summed E-state index contributed by atoms with van der Waals surface area (Å²) in [7, 11) is 3.18. The van der Waals surface area contributed by atoms with E-state index in [1.165, 1.54) is 30.2 Å². The molecule has 1 aromatic carbocycles. The number of rotatable bonds is 6. The van der Waals surface area contributed by atoms with Gasteiger partial charge in [-0.25, -0.2) is 4.79 Å². The van der Waals surface area contributed by atoms with Gasteiger partial charge in [0, 0.05) is 17.5 Å². The first-order valence-corrected chi connectivity index (χ1v) is 10.3. The van der Waals surface area contributed by atoms with Gasteiger partial charge in [-0.1, -0.05) is 42.1 Å². The molecule has 0 unspecified atom stereocenters. The second-order valence-corrected chi connectivity index (χ2v) is 8.19. The molecule has 9 heteroatoms. The number of anilines is 1. The van der Waals surface area contributed by atoms with Crippen LogP contribution in [-0.4, -0.2) is 39.5 Å². The molecule has 1 N–H and O–H groups in total. The zero-order chi connectivity index (χ0) is 20.3. The normalized spacial score (nSPS) is 10.7. The maximum Gasteiger partial charge on any atom is 0.341 e. The van der Waals surface area contributed by atoms with Gasteiger partial charge in [0.15, 0.2) is 5.16 Å². The van der Waals surface area contributed by atoms with Gasteiger partial charge in [0.05, 0.1) is 12.9 Å². The van der Waals surface area contributed by atoms with Crippen molar-refractivity contribution in [2.24, 2.45) is 7.05 Å². The summed E-state index contributed by atoms with van der Waals surface area (Å²) in [6.45, 7) is 3.77. The number of carbonyl (C=O) groups excluding carboxylic acids is 2. The van der Waals surface area contributed by atoms with E-state index in [1.807, 2.05) is 55.8 Å². The van der Waals surface area contributed by atoms with Crippen molar-refractivity contribution < 1.29 is 14.3 Å². The van der Waals surface area contributed by atoms with E-state index >= 15 is 0 Å². The van der Waals surface area contributed by atoms with Gasteiger partial charge in [-0.05, 0) is 19.4 Å². The number of ether oxygens (including phenoxy) is 1. The first-order valence-electron chi connectivity index (χ1n) is 8.48. The monoisotopic (exact) mass is 416 g/mol. The lowest BCUT2D eigenvalue weighted by atomic mass is 10.0. The second-order valence-electron chi connectivity index (χ2n) is 6.02. The van der Waals surface area contributed by atoms with Gasteiger partial charge in [0.1, 0.15) is 16.4 Å². The molecule has 28 heavy (non-hydrogen) atoms. The van der Waals surface area contributed by atoms with Crippen LogP contribution in [0.1, 0.15) is 21.1 Å². The number of aryl methyl sites for hydroxylation is 2. The molecule has 3 aromatic rings. The number of carbonyl (C=O) groups is 2. The van der Waals surface area contributed by atoms with Gasteiger partial charge < -0.3 is 14.6 Å². The van der Waals surface area contributed by atoms with Crippen molar-refractivity contribution in [1.29, 1.82) is 0 Å². The molecule has 0 spiro atoms. The fourth-order valence-electron chi connectivity index (χ4n) is 2.69. The molecule has 146 valence electrons. The van der Waals surface area contributed by atoms with Crippen molar-refractivity contribution in [3.05, 3.63) is 46.6 Å². The number of hydrogen-bond donors (Lipinski definition) is 1. The van der Waals surface area contributed by atoms with Crippen molar-refractivity contribution in [2.45, 2.75) is 19.0 Å². The second kappa shape index (κ2) is 8.57. The summed E-state index contributed by atoms with van der Waals surface area (Å²) < 4.78 is 6.79. The standard InChI is InChI=1S/C19H20N4O3S2/c1-11-15(13-8-6-5-7-9-13)16(18(25)26-4)17(28-11)20-14(24)10-27-19-22-21-12(2)23(19)3/h5-9H,10H2,1-4H3,(H,20,24). The number of thioether (sulfide) groups is 1. The number of esters is 1. The lowest BCUT2D eigenvalue weighted by molar-refractivity contribution is -0.113. The predicted molar refractivity (Wildman–Crippen MR) is 111 cm³/mol. The number of benzene rings is 1. The Bertz CT molecular complexity index is 1010. The Hall–Kier alpha value is -2.65. The maximum atomic E-state index is 12.5. The third kappa shape index (κ3) is 4.10. The van der Waals surface area contributed by atoms with Crippen molar-refractivity contribution in [3.63, 3.8) is 0 Å². The highest BCUT2D eigenvalue weighted by atomic mass is 32.2. The smallest absolute Gasteiger partial charge is 0.341 e. The fourth-order valence-corrected chi connectivity index (χ4v) is 4.53. The minimum Gasteiger partial charge on any atom is -0.465 e. The van der Waals surface area contributed by atoms with Crippen molar-refractivity contribution in [3.8, 4) is 11.1 Å². The minimum absolute atomic E-state index is 0.157. The Balaban J connectivity index is 1.84. The van der Waals surface area contributed by atoms with E-state index in [1.54, 1.807) is 0 Å². The molecular weight excluding hydrogens is 396 g/mol. The van der Waals surface area contributed by atoms with Crippen LogP contribution >= 0.6 is 23.1 Å². The Morgan fingerprint density at radius 2 is 1.93 bits per heavy atom. The minimum atomic E-state index is -0.477. The predicted octanol–water partition coefficient (Wildman–Crippen LogP) is 3.68. The zero-order valence-electron chi connectivity index (χ0n) is 16.0. The number of methoxy groups -OCH3 is 1. The molecule has 2 heterocycles. The Kier molecular flexibility index (Phi) is 6.15. The lowest BCUT2D eigenvalue weighted by Gasteiger charge is -2.08. The summed E-state index contributed by atoms with van der Waals surface area (Å²) in [5.41, 5.74) is 2.06. The van der Waals surface area contributed by atoms with E-state index in [0.717, 1.165) is 21.8 Å². The maximum absolute atomic E-state index is 12.5. The molecule has 0 saturated carbocycles. The third-order valence-corrected chi connectivity index (χ3v) is 6.22. The first-order chi connectivity index (χ1) is 13.4. The molecule has 7 nitrogen and oxygen atoms in total. The van der Waals surface area contributed by atoms with Crippen molar-refractivity contribution in [1.82, 2.24) is 14.8 Å². The van der Waals surface area contributed by atoms with E-state index in [-0.39, 0.29) is 11.7 Å². The highest BCUT2D eigenvalue weighted by molar-refractivity contribution is 7.99. The molecule has 0 aliphatic heterocycles. The number of thiophene rings is 1. The summed E-state index contributed by atoms with van der Waals surface area (Å²) in [5.74, 6) is 0.230. The number of hydrogen-bond acceptors (Lipinski definition) is 7. The van der Waals surface area contributed by atoms with E-state index in [4.69, 9.17) is 4.74 Å². The summed E-state index contributed by atoms with van der Waals surface area (Å²) >= 11 is 2.65.